The van der Waals surface area contributed by atoms with Gasteiger partial charge >= 0.3 is 0 Å². The smallest absolute Gasteiger partial charge is 0.243 e. The van der Waals surface area contributed by atoms with Crippen molar-refractivity contribution in [2.24, 2.45) is 4.99 Å². The minimum atomic E-state index is -0.119. The molecular weight excluding hydrogens is 360 g/mol. The van der Waals surface area contributed by atoms with Crippen LogP contribution < -0.4 is 16.0 Å². The van der Waals surface area contributed by atoms with E-state index in [1.54, 1.807) is 7.05 Å². The molecule has 0 aromatic heterocycles. The van der Waals surface area contributed by atoms with Gasteiger partial charge in [-0.2, -0.15) is 0 Å². The number of amides is 1. The van der Waals surface area contributed by atoms with E-state index in [2.05, 4.69) is 36.9 Å². The Balaban J connectivity index is 1.76. The first-order chi connectivity index (χ1) is 11.1. The zero-order chi connectivity index (χ0) is 16.7. The lowest BCUT2D eigenvalue weighted by molar-refractivity contribution is -0.115. The summed E-state index contributed by atoms with van der Waals surface area (Å²) in [6.07, 6.45) is 2.39. The van der Waals surface area contributed by atoms with Crippen LogP contribution in [-0.4, -0.2) is 44.7 Å². The Kier molecular flexibility index (Phi) is 6.85. The van der Waals surface area contributed by atoms with Gasteiger partial charge in [-0.3, -0.25) is 9.79 Å². The van der Waals surface area contributed by atoms with Gasteiger partial charge in [0.25, 0.3) is 0 Å². The number of rotatable bonds is 5. The topological polar surface area (TPSA) is 74.8 Å². The average Bonchev–Trinajstić information content (AvgIpc) is 3.04. The summed E-state index contributed by atoms with van der Waals surface area (Å²) in [6, 6.07) is 5.78. The number of hydrogen-bond acceptors (Lipinski definition) is 3. The second kappa shape index (κ2) is 8.88. The summed E-state index contributed by atoms with van der Waals surface area (Å²) in [7, 11) is 1.68. The number of carbonyl (C=O) groups is 1. The summed E-state index contributed by atoms with van der Waals surface area (Å²) in [5.41, 5.74) is 1.82. The highest BCUT2D eigenvalue weighted by Crippen LogP contribution is 2.20. The maximum atomic E-state index is 12.1. The van der Waals surface area contributed by atoms with Crippen LogP contribution in [0.2, 0.25) is 0 Å². The molecule has 0 bridgehead atoms. The van der Waals surface area contributed by atoms with Crippen molar-refractivity contribution < 1.29 is 9.53 Å². The Morgan fingerprint density at radius 3 is 2.96 bits per heavy atom. The lowest BCUT2D eigenvalue weighted by atomic mass is 10.2. The van der Waals surface area contributed by atoms with Crippen LogP contribution in [0.15, 0.2) is 27.7 Å². The third kappa shape index (κ3) is 5.84. The van der Waals surface area contributed by atoms with Crippen molar-refractivity contribution >= 4 is 33.5 Å². The molecule has 6 nitrogen and oxygen atoms in total. The summed E-state index contributed by atoms with van der Waals surface area (Å²) in [5, 5.41) is 9.07. The highest BCUT2D eigenvalue weighted by atomic mass is 79.9. The number of guanidine groups is 1. The standard InChI is InChI=1S/C16H23BrN4O2/c1-11-5-6-12(17)8-14(11)21-15(22)10-20-16(18-2)19-9-13-4-3-7-23-13/h5-6,8,13H,3-4,7,9-10H2,1-2H3,(H,21,22)(H2,18,19,20). The summed E-state index contributed by atoms with van der Waals surface area (Å²) in [6.45, 7) is 3.63. The van der Waals surface area contributed by atoms with Gasteiger partial charge in [-0.05, 0) is 37.5 Å². The normalized spacial score (nSPS) is 17.9. The second-order valence-corrected chi connectivity index (χ2v) is 6.36. The molecule has 1 heterocycles. The number of aryl methyl sites for hydroxylation is 1. The van der Waals surface area contributed by atoms with E-state index in [0.717, 1.165) is 35.2 Å². The molecule has 0 saturated carbocycles. The number of aliphatic imine (C=N–C) groups is 1. The molecule has 1 fully saturated rings. The van der Waals surface area contributed by atoms with Crippen molar-refractivity contribution in [1.29, 1.82) is 0 Å². The van der Waals surface area contributed by atoms with Crippen molar-refractivity contribution in [2.75, 3.05) is 32.1 Å². The van der Waals surface area contributed by atoms with E-state index in [-0.39, 0.29) is 18.6 Å². The highest BCUT2D eigenvalue weighted by Gasteiger charge is 2.15. The number of halogens is 1. The van der Waals surface area contributed by atoms with Crippen molar-refractivity contribution in [2.45, 2.75) is 25.9 Å². The van der Waals surface area contributed by atoms with Gasteiger partial charge in [0.15, 0.2) is 5.96 Å². The molecule has 1 atom stereocenters. The largest absolute Gasteiger partial charge is 0.376 e. The predicted molar refractivity (Wildman–Crippen MR) is 95.8 cm³/mol. The first-order valence-corrected chi connectivity index (χ1v) is 8.50. The minimum absolute atomic E-state index is 0.119. The summed E-state index contributed by atoms with van der Waals surface area (Å²) < 4.78 is 6.48. The van der Waals surface area contributed by atoms with E-state index in [0.29, 0.717) is 12.5 Å². The van der Waals surface area contributed by atoms with Crippen LogP contribution in [-0.2, 0) is 9.53 Å². The summed E-state index contributed by atoms with van der Waals surface area (Å²) in [5.74, 6) is 0.480. The van der Waals surface area contributed by atoms with E-state index in [9.17, 15) is 4.79 Å². The third-order valence-electron chi connectivity index (χ3n) is 3.63. The van der Waals surface area contributed by atoms with Gasteiger partial charge < -0.3 is 20.7 Å². The van der Waals surface area contributed by atoms with Crippen LogP contribution >= 0.6 is 15.9 Å². The number of carbonyl (C=O) groups excluding carboxylic acids is 1. The minimum Gasteiger partial charge on any atom is -0.376 e. The van der Waals surface area contributed by atoms with Crippen LogP contribution in [0.5, 0.6) is 0 Å². The third-order valence-corrected chi connectivity index (χ3v) is 4.13. The second-order valence-electron chi connectivity index (χ2n) is 5.45. The highest BCUT2D eigenvalue weighted by molar-refractivity contribution is 9.10. The molecular formula is C16H23BrN4O2. The first-order valence-electron chi connectivity index (χ1n) is 7.70. The molecule has 0 spiro atoms. The zero-order valence-electron chi connectivity index (χ0n) is 13.5. The van der Waals surface area contributed by atoms with Crippen molar-refractivity contribution in [3.63, 3.8) is 0 Å². The average molecular weight is 383 g/mol. The zero-order valence-corrected chi connectivity index (χ0v) is 15.1. The van der Waals surface area contributed by atoms with Gasteiger partial charge in [-0.15, -0.1) is 0 Å². The lowest BCUT2D eigenvalue weighted by Gasteiger charge is -2.15. The van der Waals surface area contributed by atoms with Gasteiger partial charge in [-0.1, -0.05) is 22.0 Å². The molecule has 1 aromatic carbocycles. The monoisotopic (exact) mass is 382 g/mol. The fourth-order valence-electron chi connectivity index (χ4n) is 2.32. The molecule has 0 aliphatic carbocycles. The Bertz CT molecular complexity index is 571. The van der Waals surface area contributed by atoms with Gasteiger partial charge in [0.05, 0.1) is 12.6 Å². The van der Waals surface area contributed by atoms with Gasteiger partial charge in [0.1, 0.15) is 0 Å². The first kappa shape index (κ1) is 17.7. The fraction of sp³-hybridized carbons (Fsp3) is 0.500. The van der Waals surface area contributed by atoms with Crippen molar-refractivity contribution in [3.05, 3.63) is 28.2 Å². The molecule has 1 unspecified atom stereocenters. The van der Waals surface area contributed by atoms with Crippen molar-refractivity contribution in [1.82, 2.24) is 10.6 Å². The van der Waals surface area contributed by atoms with Gasteiger partial charge in [0.2, 0.25) is 5.91 Å². The maximum Gasteiger partial charge on any atom is 0.243 e. The van der Waals surface area contributed by atoms with E-state index in [1.165, 1.54) is 0 Å². The number of benzene rings is 1. The number of hydrogen-bond donors (Lipinski definition) is 3. The van der Waals surface area contributed by atoms with Crippen LogP contribution in [0.1, 0.15) is 18.4 Å². The van der Waals surface area contributed by atoms with Crippen LogP contribution in [0, 0.1) is 6.92 Å². The Morgan fingerprint density at radius 1 is 1.43 bits per heavy atom. The van der Waals surface area contributed by atoms with Crippen LogP contribution in [0.3, 0.4) is 0 Å². The number of nitrogens with zero attached hydrogens (tertiary/aromatic N) is 1. The van der Waals surface area contributed by atoms with E-state index in [4.69, 9.17) is 4.74 Å². The molecule has 1 aromatic rings. The molecule has 23 heavy (non-hydrogen) atoms. The van der Waals surface area contributed by atoms with Crippen LogP contribution in [0.4, 0.5) is 5.69 Å². The number of anilines is 1. The van der Waals surface area contributed by atoms with E-state index >= 15 is 0 Å². The molecule has 3 N–H and O–H groups in total. The molecule has 1 saturated heterocycles. The fourth-order valence-corrected chi connectivity index (χ4v) is 2.68. The summed E-state index contributed by atoms with van der Waals surface area (Å²) >= 11 is 3.40. The maximum absolute atomic E-state index is 12.1. The molecule has 1 aliphatic heterocycles. The molecule has 7 heteroatoms. The molecule has 0 radical (unpaired) electrons. The Hall–Kier alpha value is -1.60. The SMILES string of the molecule is CN=C(NCC(=O)Nc1cc(Br)ccc1C)NCC1CCCO1. The van der Waals surface area contributed by atoms with Gasteiger partial charge in [0, 0.05) is 30.4 Å². The summed E-state index contributed by atoms with van der Waals surface area (Å²) in [4.78, 5) is 16.2. The Morgan fingerprint density at radius 2 is 2.26 bits per heavy atom. The lowest BCUT2D eigenvalue weighted by Crippen LogP contribution is -2.43. The molecule has 2 rings (SSSR count). The number of nitrogens with one attached hydrogen (secondary N) is 3. The quantitative estimate of drug-likeness (QED) is 0.538. The predicted octanol–water partition coefficient (Wildman–Crippen LogP) is 2.04. The van der Waals surface area contributed by atoms with Gasteiger partial charge in [-0.25, -0.2) is 0 Å². The van der Waals surface area contributed by atoms with Crippen molar-refractivity contribution in [3.8, 4) is 0 Å². The van der Waals surface area contributed by atoms with E-state index in [1.807, 2.05) is 25.1 Å². The number of ether oxygens (including phenoxy) is 1. The Labute approximate surface area is 145 Å². The molecule has 126 valence electrons. The molecule has 1 aliphatic rings. The molecule has 1 amide bonds. The van der Waals surface area contributed by atoms with E-state index < -0.39 is 0 Å². The van der Waals surface area contributed by atoms with Crippen LogP contribution in [0.25, 0.3) is 0 Å².